The second-order valence-electron chi connectivity index (χ2n) is 4.84. The van der Waals surface area contributed by atoms with Crippen molar-refractivity contribution in [1.29, 1.82) is 0 Å². The van der Waals surface area contributed by atoms with Crippen LogP contribution in [-0.4, -0.2) is 40.5 Å². The smallest absolute Gasteiger partial charge is 0.264 e. The molecular weight excluding hydrogens is 306 g/mol. The molecule has 0 saturated carbocycles. The van der Waals surface area contributed by atoms with E-state index in [2.05, 4.69) is 4.98 Å². The largest absolute Gasteiger partial charge is 0.496 e. The van der Waals surface area contributed by atoms with Crippen LogP contribution < -0.4 is 9.47 Å². The van der Waals surface area contributed by atoms with Crippen LogP contribution in [0.1, 0.15) is 12.0 Å². The van der Waals surface area contributed by atoms with Gasteiger partial charge in [0.05, 0.1) is 27.1 Å². The van der Waals surface area contributed by atoms with E-state index in [0.29, 0.717) is 18.6 Å². The van der Waals surface area contributed by atoms with Crippen molar-refractivity contribution in [2.24, 2.45) is 0 Å². The zero-order valence-electron chi connectivity index (χ0n) is 12.8. The van der Waals surface area contributed by atoms with Crippen LogP contribution in [0.25, 0.3) is 10.9 Å². The fourth-order valence-corrected chi connectivity index (χ4v) is 2.60. The highest BCUT2D eigenvalue weighted by Gasteiger charge is 2.09. The van der Waals surface area contributed by atoms with Gasteiger partial charge in [-0.05, 0) is 36.6 Å². The van der Waals surface area contributed by atoms with Crippen LogP contribution in [-0.2, 0) is 20.7 Å². The van der Waals surface area contributed by atoms with Gasteiger partial charge in [-0.15, -0.1) is 0 Å². The zero-order chi connectivity index (χ0) is 16.2. The molecule has 0 bridgehead atoms. The lowest BCUT2D eigenvalue weighted by molar-refractivity contribution is 0.316. The van der Waals surface area contributed by atoms with E-state index in [-0.39, 0.29) is 6.61 Å². The van der Waals surface area contributed by atoms with E-state index >= 15 is 0 Å². The van der Waals surface area contributed by atoms with E-state index in [4.69, 9.17) is 13.7 Å². The molecule has 0 fully saturated rings. The molecule has 1 heterocycles. The molecule has 0 radical (unpaired) electrons. The molecule has 2 rings (SSSR count). The molecule has 120 valence electrons. The SMILES string of the molecule is COc1ccc(OC)c2ncc(CCCOS(C)(=O)=O)cc12. The Hall–Kier alpha value is -1.86. The number of fused-ring (bicyclic) bond motifs is 1. The minimum absolute atomic E-state index is 0.159. The number of hydrogen-bond acceptors (Lipinski definition) is 6. The van der Waals surface area contributed by atoms with Gasteiger partial charge in [-0.1, -0.05) is 0 Å². The molecule has 0 N–H and O–H groups in total. The first-order valence-electron chi connectivity index (χ1n) is 6.78. The number of pyridine rings is 1. The van der Waals surface area contributed by atoms with Gasteiger partial charge in [-0.25, -0.2) is 0 Å². The summed E-state index contributed by atoms with van der Waals surface area (Å²) in [5.41, 5.74) is 1.72. The maximum absolute atomic E-state index is 10.9. The Morgan fingerprint density at radius 3 is 2.45 bits per heavy atom. The summed E-state index contributed by atoms with van der Waals surface area (Å²) < 4.78 is 37.2. The zero-order valence-corrected chi connectivity index (χ0v) is 13.6. The van der Waals surface area contributed by atoms with E-state index in [1.54, 1.807) is 20.4 Å². The quantitative estimate of drug-likeness (QED) is 0.574. The first-order chi connectivity index (χ1) is 10.4. The molecule has 0 aliphatic rings. The molecule has 22 heavy (non-hydrogen) atoms. The van der Waals surface area contributed by atoms with Gasteiger partial charge < -0.3 is 9.47 Å². The van der Waals surface area contributed by atoms with Gasteiger partial charge in [-0.3, -0.25) is 9.17 Å². The van der Waals surface area contributed by atoms with Crippen molar-refractivity contribution in [3.05, 3.63) is 30.0 Å². The first-order valence-corrected chi connectivity index (χ1v) is 8.60. The van der Waals surface area contributed by atoms with Crippen molar-refractivity contribution < 1.29 is 22.1 Å². The van der Waals surface area contributed by atoms with Gasteiger partial charge >= 0.3 is 0 Å². The van der Waals surface area contributed by atoms with E-state index in [9.17, 15) is 8.42 Å². The Balaban J connectivity index is 2.19. The number of benzene rings is 1. The van der Waals surface area contributed by atoms with Crippen molar-refractivity contribution in [3.8, 4) is 11.5 Å². The fourth-order valence-electron chi connectivity index (χ4n) is 2.18. The summed E-state index contributed by atoms with van der Waals surface area (Å²) in [5, 5.41) is 0.864. The van der Waals surface area contributed by atoms with E-state index < -0.39 is 10.1 Å². The summed E-state index contributed by atoms with van der Waals surface area (Å²) >= 11 is 0. The monoisotopic (exact) mass is 325 g/mol. The summed E-state index contributed by atoms with van der Waals surface area (Å²) in [6.07, 6.45) is 4.05. The molecule has 0 aliphatic carbocycles. The van der Waals surface area contributed by atoms with Crippen molar-refractivity contribution in [3.63, 3.8) is 0 Å². The van der Waals surface area contributed by atoms with Gasteiger partial charge in [0.2, 0.25) is 0 Å². The van der Waals surface area contributed by atoms with Crippen LogP contribution in [0.4, 0.5) is 0 Å². The number of methoxy groups -OCH3 is 2. The molecular formula is C15H19NO5S. The van der Waals surface area contributed by atoms with Gasteiger partial charge in [-0.2, -0.15) is 8.42 Å². The fraction of sp³-hybridized carbons (Fsp3) is 0.400. The minimum atomic E-state index is -3.39. The van der Waals surface area contributed by atoms with Crippen LogP contribution in [0, 0.1) is 0 Å². The first kappa shape index (κ1) is 16.5. The van der Waals surface area contributed by atoms with Gasteiger partial charge in [0.1, 0.15) is 17.0 Å². The molecule has 0 saturated heterocycles. The van der Waals surface area contributed by atoms with Gasteiger partial charge in [0.15, 0.2) is 0 Å². The standard InChI is InChI=1S/C15H19NO5S/c1-19-13-6-7-14(20-2)15-12(13)9-11(10-16-15)5-4-8-21-22(3,17)18/h6-7,9-10H,4-5,8H2,1-3H3. The highest BCUT2D eigenvalue weighted by atomic mass is 32.2. The third-order valence-corrected chi connectivity index (χ3v) is 3.77. The van der Waals surface area contributed by atoms with E-state index in [1.165, 1.54) is 0 Å². The molecule has 6 nitrogen and oxygen atoms in total. The summed E-state index contributed by atoms with van der Waals surface area (Å²) in [6, 6.07) is 5.62. The topological polar surface area (TPSA) is 74.7 Å². The van der Waals surface area contributed by atoms with Crippen LogP contribution >= 0.6 is 0 Å². The third kappa shape index (κ3) is 4.08. The molecule has 0 aliphatic heterocycles. The Morgan fingerprint density at radius 1 is 1.14 bits per heavy atom. The number of hydrogen-bond donors (Lipinski definition) is 0. The number of nitrogens with zero attached hydrogens (tertiary/aromatic N) is 1. The lowest BCUT2D eigenvalue weighted by atomic mass is 10.1. The van der Waals surface area contributed by atoms with Gasteiger partial charge in [0.25, 0.3) is 10.1 Å². The van der Waals surface area contributed by atoms with Crippen molar-refractivity contribution in [1.82, 2.24) is 4.98 Å². The Kier molecular flexibility index (Phi) is 5.20. The van der Waals surface area contributed by atoms with E-state index in [1.807, 2.05) is 18.2 Å². The normalized spacial score (nSPS) is 11.6. The van der Waals surface area contributed by atoms with Crippen molar-refractivity contribution in [2.75, 3.05) is 27.1 Å². The maximum Gasteiger partial charge on any atom is 0.264 e. The molecule has 2 aromatic rings. The van der Waals surface area contributed by atoms with Crippen molar-refractivity contribution in [2.45, 2.75) is 12.8 Å². The average molecular weight is 325 g/mol. The molecule has 1 aromatic carbocycles. The summed E-state index contributed by atoms with van der Waals surface area (Å²) in [6.45, 7) is 0.159. The molecule has 0 unspecified atom stereocenters. The Labute approximate surface area is 130 Å². The highest BCUT2D eigenvalue weighted by molar-refractivity contribution is 7.85. The molecule has 0 amide bonds. The molecule has 1 aromatic heterocycles. The van der Waals surface area contributed by atoms with E-state index in [0.717, 1.165) is 28.5 Å². The lowest BCUT2D eigenvalue weighted by Crippen LogP contribution is -2.05. The number of aromatic nitrogens is 1. The van der Waals surface area contributed by atoms with Gasteiger partial charge in [0, 0.05) is 11.6 Å². The van der Waals surface area contributed by atoms with Crippen molar-refractivity contribution >= 4 is 21.0 Å². The second-order valence-corrected chi connectivity index (χ2v) is 6.48. The Morgan fingerprint density at radius 2 is 1.82 bits per heavy atom. The number of rotatable bonds is 7. The Bertz CT molecular complexity index is 758. The minimum Gasteiger partial charge on any atom is -0.496 e. The maximum atomic E-state index is 10.9. The van der Waals surface area contributed by atoms with Crippen LogP contribution in [0.5, 0.6) is 11.5 Å². The molecule has 0 spiro atoms. The van der Waals surface area contributed by atoms with Crippen LogP contribution in [0.15, 0.2) is 24.4 Å². The third-order valence-electron chi connectivity index (χ3n) is 3.18. The number of ether oxygens (including phenoxy) is 2. The predicted molar refractivity (Wildman–Crippen MR) is 84.0 cm³/mol. The molecule has 0 atom stereocenters. The lowest BCUT2D eigenvalue weighted by Gasteiger charge is -2.10. The summed E-state index contributed by atoms with van der Waals surface area (Å²) in [5.74, 6) is 1.40. The molecule has 7 heteroatoms. The summed E-state index contributed by atoms with van der Waals surface area (Å²) in [7, 11) is -0.183. The second kappa shape index (κ2) is 6.93. The summed E-state index contributed by atoms with van der Waals surface area (Å²) in [4.78, 5) is 4.42. The average Bonchev–Trinajstić information content (AvgIpc) is 2.49. The predicted octanol–water partition coefficient (Wildman–Crippen LogP) is 2.16. The van der Waals surface area contributed by atoms with Crippen LogP contribution in [0.2, 0.25) is 0 Å². The van der Waals surface area contributed by atoms with Crippen LogP contribution in [0.3, 0.4) is 0 Å². The number of aryl methyl sites for hydroxylation is 1. The highest BCUT2D eigenvalue weighted by Crippen LogP contribution is 2.32.